The molecule has 0 aliphatic heterocycles. The number of phenolic OH excluding ortho intramolecular Hbond substituents is 1. The van der Waals surface area contributed by atoms with Gasteiger partial charge in [-0.05, 0) is 107 Å². The van der Waals surface area contributed by atoms with Gasteiger partial charge in [-0.1, -0.05) is 53.2 Å². The zero-order valence-corrected chi connectivity index (χ0v) is 25.7. The Hall–Kier alpha value is -4.32. The van der Waals surface area contributed by atoms with E-state index in [1.54, 1.807) is 37.5 Å². The summed E-state index contributed by atoms with van der Waals surface area (Å²) in [4.78, 5) is 24.6. The lowest BCUT2D eigenvalue weighted by atomic mass is 10.1. The number of methoxy groups -OCH3 is 2. The van der Waals surface area contributed by atoms with E-state index in [2.05, 4.69) is 45.9 Å². The first-order valence-corrected chi connectivity index (χ1v) is 14.2. The number of allylic oxidation sites excluding steroid dienone is 7. The number of ketones is 2. The molecule has 6 nitrogen and oxygen atoms in total. The van der Waals surface area contributed by atoms with Gasteiger partial charge >= 0.3 is 0 Å². The van der Waals surface area contributed by atoms with Crippen LogP contribution >= 0.6 is 0 Å². The van der Waals surface area contributed by atoms with Crippen molar-refractivity contribution in [1.29, 1.82) is 0 Å². The van der Waals surface area contributed by atoms with Crippen LogP contribution < -0.4 is 14.2 Å². The molecule has 0 spiro atoms. The summed E-state index contributed by atoms with van der Waals surface area (Å²) in [5, 5.41) is 9.67. The first-order chi connectivity index (χ1) is 20.1. The molecular formula is C36H44O6. The smallest absolute Gasteiger partial charge is 0.163 e. The highest BCUT2D eigenvalue weighted by atomic mass is 16.5. The van der Waals surface area contributed by atoms with Crippen LogP contribution in [0, 0.1) is 0 Å². The van der Waals surface area contributed by atoms with Crippen molar-refractivity contribution in [2.45, 2.75) is 59.8 Å². The lowest BCUT2D eigenvalue weighted by molar-refractivity contribution is -0.121. The van der Waals surface area contributed by atoms with Crippen LogP contribution in [0.25, 0.3) is 12.2 Å². The maximum atomic E-state index is 12.3. The number of phenols is 1. The van der Waals surface area contributed by atoms with Crippen molar-refractivity contribution in [3.05, 3.63) is 94.6 Å². The van der Waals surface area contributed by atoms with E-state index in [1.807, 2.05) is 12.1 Å². The van der Waals surface area contributed by atoms with Crippen LogP contribution in [-0.2, 0) is 9.59 Å². The normalized spacial score (nSPS) is 12.0. The summed E-state index contributed by atoms with van der Waals surface area (Å²) in [5.74, 6) is 0.861. The fourth-order valence-corrected chi connectivity index (χ4v) is 3.99. The minimum absolute atomic E-state index is 0.0138. The molecule has 224 valence electrons. The monoisotopic (exact) mass is 572 g/mol. The van der Waals surface area contributed by atoms with Crippen LogP contribution in [-0.4, -0.2) is 37.5 Å². The fourth-order valence-electron chi connectivity index (χ4n) is 3.99. The maximum Gasteiger partial charge on any atom is 0.163 e. The van der Waals surface area contributed by atoms with Gasteiger partial charge in [-0.15, -0.1) is 0 Å². The van der Waals surface area contributed by atoms with Gasteiger partial charge in [-0.25, -0.2) is 0 Å². The zero-order chi connectivity index (χ0) is 30.9. The molecule has 0 saturated carbocycles. The number of benzene rings is 2. The summed E-state index contributed by atoms with van der Waals surface area (Å²) >= 11 is 0. The molecule has 0 aliphatic rings. The molecule has 42 heavy (non-hydrogen) atoms. The third-order valence-corrected chi connectivity index (χ3v) is 6.46. The molecule has 2 aromatic carbocycles. The Kier molecular flexibility index (Phi) is 14.7. The van der Waals surface area contributed by atoms with Crippen LogP contribution in [0.1, 0.15) is 70.9 Å². The Balaban J connectivity index is 1.85. The van der Waals surface area contributed by atoms with E-state index < -0.39 is 0 Å². The number of carbonyl (C=O) groups excluding carboxylic acids is 2. The second kappa shape index (κ2) is 18.2. The van der Waals surface area contributed by atoms with E-state index in [0.29, 0.717) is 29.4 Å². The lowest BCUT2D eigenvalue weighted by Gasteiger charge is -2.10. The topological polar surface area (TPSA) is 82.1 Å². The first-order valence-electron chi connectivity index (χ1n) is 14.2. The molecule has 0 unspecified atom stereocenters. The molecule has 6 heteroatoms. The van der Waals surface area contributed by atoms with Crippen molar-refractivity contribution in [3.8, 4) is 23.0 Å². The van der Waals surface area contributed by atoms with Gasteiger partial charge in [0.05, 0.1) is 20.6 Å². The Bertz CT molecular complexity index is 1350. The summed E-state index contributed by atoms with van der Waals surface area (Å²) < 4.78 is 16.5. The molecule has 0 bridgehead atoms. The second-order valence-electron chi connectivity index (χ2n) is 10.4. The van der Waals surface area contributed by atoms with E-state index in [1.165, 1.54) is 42.0 Å². The molecule has 0 heterocycles. The minimum Gasteiger partial charge on any atom is -0.504 e. The van der Waals surface area contributed by atoms with Crippen LogP contribution in [0.3, 0.4) is 0 Å². The summed E-state index contributed by atoms with van der Waals surface area (Å²) in [7, 11) is 3.02. The van der Waals surface area contributed by atoms with E-state index in [-0.39, 0.29) is 23.7 Å². The Labute approximate surface area is 250 Å². The first kappa shape index (κ1) is 33.9. The van der Waals surface area contributed by atoms with Gasteiger partial charge in [0.2, 0.25) is 0 Å². The average molecular weight is 573 g/mol. The zero-order valence-electron chi connectivity index (χ0n) is 25.7. The summed E-state index contributed by atoms with van der Waals surface area (Å²) in [6, 6.07) is 10.2. The quantitative estimate of drug-likeness (QED) is 0.116. The summed E-state index contributed by atoms with van der Waals surface area (Å²) in [6.07, 6.45) is 16.6. The maximum absolute atomic E-state index is 12.3. The van der Waals surface area contributed by atoms with Crippen molar-refractivity contribution in [1.82, 2.24) is 0 Å². The number of hydrogen-bond acceptors (Lipinski definition) is 6. The standard InChI is InChI=1S/C36H44O6/c1-26(2)9-7-10-27(3)11-8-12-28(4)21-22-42-34-20-16-30(24-36(34)41-6)14-18-32(38)25-31(37)17-13-29-15-19-33(39)35(23-29)40-5/h9,11,13-21,23-24,39H,7-8,10,12,22,25H2,1-6H3. The molecule has 0 amide bonds. The summed E-state index contributed by atoms with van der Waals surface area (Å²) in [5.41, 5.74) is 5.49. The highest BCUT2D eigenvalue weighted by Crippen LogP contribution is 2.29. The molecule has 0 atom stereocenters. The van der Waals surface area contributed by atoms with E-state index in [9.17, 15) is 14.7 Å². The average Bonchev–Trinajstić information content (AvgIpc) is 2.95. The van der Waals surface area contributed by atoms with Crippen LogP contribution in [0.5, 0.6) is 23.0 Å². The number of rotatable bonds is 17. The van der Waals surface area contributed by atoms with Gasteiger partial charge in [-0.2, -0.15) is 0 Å². The third kappa shape index (κ3) is 12.9. The van der Waals surface area contributed by atoms with Gasteiger partial charge in [0.25, 0.3) is 0 Å². The predicted octanol–water partition coefficient (Wildman–Crippen LogP) is 8.46. The predicted molar refractivity (Wildman–Crippen MR) is 171 cm³/mol. The molecule has 1 N–H and O–H groups in total. The minimum atomic E-state index is -0.327. The molecule has 2 aromatic rings. The van der Waals surface area contributed by atoms with Gasteiger partial charge in [-0.3, -0.25) is 9.59 Å². The fraction of sp³-hybridized carbons (Fsp3) is 0.333. The SMILES string of the molecule is COc1cc(C=CC(=O)CC(=O)C=Cc2ccc(OCC=C(C)CCC=C(C)CCC=C(C)C)c(OC)c2)ccc1O. The molecule has 0 fully saturated rings. The highest BCUT2D eigenvalue weighted by Gasteiger charge is 2.07. The van der Waals surface area contributed by atoms with E-state index >= 15 is 0 Å². The van der Waals surface area contributed by atoms with Crippen LogP contribution in [0.15, 0.2) is 83.5 Å². The Morgan fingerprint density at radius 2 is 1.26 bits per heavy atom. The molecule has 2 rings (SSSR count). The summed E-state index contributed by atoms with van der Waals surface area (Å²) in [6.45, 7) is 9.00. The molecule has 0 radical (unpaired) electrons. The number of carbonyl (C=O) groups is 2. The van der Waals surface area contributed by atoms with Gasteiger partial charge < -0.3 is 19.3 Å². The van der Waals surface area contributed by atoms with E-state index in [4.69, 9.17) is 14.2 Å². The van der Waals surface area contributed by atoms with Gasteiger partial charge in [0.15, 0.2) is 34.6 Å². The Morgan fingerprint density at radius 1 is 0.714 bits per heavy atom. The second-order valence-corrected chi connectivity index (χ2v) is 10.4. The Morgan fingerprint density at radius 3 is 1.86 bits per heavy atom. The van der Waals surface area contributed by atoms with Crippen molar-refractivity contribution in [2.24, 2.45) is 0 Å². The number of aromatic hydroxyl groups is 1. The molecule has 0 saturated heterocycles. The van der Waals surface area contributed by atoms with Crippen molar-refractivity contribution in [2.75, 3.05) is 20.8 Å². The highest BCUT2D eigenvalue weighted by molar-refractivity contribution is 6.10. The largest absolute Gasteiger partial charge is 0.504 e. The molecular weight excluding hydrogens is 528 g/mol. The third-order valence-electron chi connectivity index (χ3n) is 6.46. The molecule has 0 aromatic heterocycles. The van der Waals surface area contributed by atoms with Crippen molar-refractivity contribution < 1.29 is 28.9 Å². The van der Waals surface area contributed by atoms with Crippen LogP contribution in [0.2, 0.25) is 0 Å². The lowest BCUT2D eigenvalue weighted by Crippen LogP contribution is -2.02. The number of ether oxygens (including phenoxy) is 3. The number of hydrogen-bond donors (Lipinski definition) is 1. The van der Waals surface area contributed by atoms with Gasteiger partial charge in [0.1, 0.15) is 6.61 Å². The molecule has 0 aliphatic carbocycles. The van der Waals surface area contributed by atoms with Crippen molar-refractivity contribution in [3.63, 3.8) is 0 Å². The van der Waals surface area contributed by atoms with E-state index in [0.717, 1.165) is 31.2 Å². The van der Waals surface area contributed by atoms with Gasteiger partial charge in [0, 0.05) is 0 Å². The van der Waals surface area contributed by atoms with Crippen molar-refractivity contribution >= 4 is 23.7 Å². The van der Waals surface area contributed by atoms with Crippen LogP contribution in [0.4, 0.5) is 0 Å².